The van der Waals surface area contributed by atoms with Gasteiger partial charge in [0.15, 0.2) is 0 Å². The largest absolute Gasteiger partial charge is 0.405 e. The fourth-order valence-electron chi connectivity index (χ4n) is 2.40. The van der Waals surface area contributed by atoms with Crippen molar-refractivity contribution in [3.63, 3.8) is 0 Å². The summed E-state index contributed by atoms with van der Waals surface area (Å²) in [4.78, 5) is 0. The van der Waals surface area contributed by atoms with Gasteiger partial charge in [0.25, 0.3) is 12.2 Å². The molecule has 2 fully saturated rings. The second-order valence-corrected chi connectivity index (χ2v) is 6.06. The monoisotopic (exact) mass is 619 g/mol. The van der Waals surface area contributed by atoms with Crippen molar-refractivity contribution in [1.29, 1.82) is 0 Å². The SMILES string of the molecule is CC(F)(F)C1OC(F)(F)C(F)(C2(F)C(F)(F)OC(C(O)(F)F)OC2(F)F)C(F)(F)O1.CO.[Rh]. The molecule has 0 bridgehead atoms. The van der Waals surface area contributed by atoms with Crippen molar-refractivity contribution in [3.8, 4) is 0 Å². The van der Waals surface area contributed by atoms with Crippen molar-refractivity contribution in [2.45, 2.75) is 67.3 Å². The Morgan fingerprint density at radius 3 is 0.970 bits per heavy atom. The molecule has 0 amide bonds. The van der Waals surface area contributed by atoms with Crippen LogP contribution in [-0.2, 0) is 38.4 Å². The number of ether oxygens (including phenoxy) is 4. The van der Waals surface area contributed by atoms with Crippen LogP contribution in [0.2, 0.25) is 0 Å². The van der Waals surface area contributed by atoms with E-state index in [0.29, 0.717) is 0 Å². The number of aliphatic hydroxyl groups is 2. The Kier molecular flexibility index (Phi) is 8.65. The maximum absolute atomic E-state index is 14.6. The summed E-state index contributed by atoms with van der Waals surface area (Å²) in [6.07, 6.45) is -42.7. The van der Waals surface area contributed by atoms with E-state index in [4.69, 9.17) is 10.2 Å². The van der Waals surface area contributed by atoms with Gasteiger partial charge in [-0.3, -0.25) is 18.9 Å². The van der Waals surface area contributed by atoms with Gasteiger partial charge in [0.1, 0.15) is 0 Å². The molecule has 2 N–H and O–H groups in total. The van der Waals surface area contributed by atoms with Gasteiger partial charge in [-0.25, -0.2) is 17.6 Å². The number of rotatable bonds is 3. The van der Waals surface area contributed by atoms with Gasteiger partial charge in [0.2, 0.25) is 6.29 Å². The van der Waals surface area contributed by atoms with E-state index in [1.807, 2.05) is 0 Å². The zero-order valence-electron chi connectivity index (χ0n) is 15.3. The van der Waals surface area contributed by atoms with Gasteiger partial charge < -0.3 is 10.2 Å². The number of hydrogen-bond acceptors (Lipinski definition) is 6. The van der Waals surface area contributed by atoms with E-state index in [-0.39, 0.29) is 19.5 Å². The summed E-state index contributed by atoms with van der Waals surface area (Å²) < 4.78 is 202. The Morgan fingerprint density at radius 1 is 0.576 bits per heavy atom. The second kappa shape index (κ2) is 8.81. The maximum Gasteiger partial charge on any atom is 0.405 e. The molecule has 6 nitrogen and oxygen atoms in total. The fraction of sp³-hybridized carbons (Fsp3) is 1.00. The zero-order valence-corrected chi connectivity index (χ0v) is 16.9. The average Bonchev–Trinajstić information content (AvgIpc) is 2.55. The van der Waals surface area contributed by atoms with Crippen LogP contribution in [0.5, 0.6) is 0 Å². The van der Waals surface area contributed by atoms with E-state index in [1.54, 1.807) is 0 Å². The summed E-state index contributed by atoms with van der Waals surface area (Å²) in [7, 11) is 1.00. The van der Waals surface area contributed by atoms with Gasteiger partial charge in [-0.1, -0.05) is 0 Å². The van der Waals surface area contributed by atoms with Gasteiger partial charge in [-0.15, -0.1) is 0 Å². The number of alkyl halides is 14. The topological polar surface area (TPSA) is 77.4 Å². The summed E-state index contributed by atoms with van der Waals surface area (Å²) in [5.74, 6) is -4.88. The van der Waals surface area contributed by atoms with Crippen LogP contribution < -0.4 is 0 Å². The second-order valence-electron chi connectivity index (χ2n) is 6.06. The van der Waals surface area contributed by atoms with E-state index in [2.05, 4.69) is 18.9 Å². The number of halogens is 14. The molecule has 0 atom stereocenters. The molecule has 0 saturated carbocycles. The first kappa shape index (κ1) is 32.4. The Balaban J connectivity index is 0.00000332. The van der Waals surface area contributed by atoms with E-state index in [0.717, 1.165) is 7.11 Å². The first-order chi connectivity index (χ1) is 13.9. The van der Waals surface area contributed by atoms with Crippen LogP contribution in [0.3, 0.4) is 0 Å². The molecule has 0 unspecified atom stereocenters. The molecule has 0 aromatic rings. The fourth-order valence-corrected chi connectivity index (χ4v) is 2.40. The van der Waals surface area contributed by atoms with E-state index in [1.165, 1.54) is 0 Å². The Morgan fingerprint density at radius 2 is 0.788 bits per heavy atom. The van der Waals surface area contributed by atoms with Crippen LogP contribution >= 0.6 is 0 Å². The molecule has 0 aliphatic carbocycles. The number of hydrogen-bond donors (Lipinski definition) is 2. The van der Waals surface area contributed by atoms with E-state index >= 15 is 0 Å². The third-order valence-electron chi connectivity index (χ3n) is 3.80. The Labute approximate surface area is 185 Å². The molecular weight excluding hydrogens is 609 g/mol. The average molecular weight is 619 g/mol. The van der Waals surface area contributed by atoms with E-state index < -0.39 is 67.3 Å². The molecule has 2 heterocycles. The molecule has 1 radical (unpaired) electrons. The molecule has 0 aromatic carbocycles. The molecule has 0 spiro atoms. The quantitative estimate of drug-likeness (QED) is 0.373. The predicted molar refractivity (Wildman–Crippen MR) is 65.3 cm³/mol. The molecule has 21 heteroatoms. The molecule has 0 aromatic heterocycles. The molecule has 2 aliphatic heterocycles. The van der Waals surface area contributed by atoms with Crippen molar-refractivity contribution >= 4 is 0 Å². The number of aliphatic hydroxyl groups excluding tert-OH is 1. The summed E-state index contributed by atoms with van der Waals surface area (Å²) in [5.41, 5.74) is -14.9. The Bertz CT molecular complexity index is 601. The van der Waals surface area contributed by atoms with Crippen molar-refractivity contribution in [3.05, 3.63) is 0 Å². The summed E-state index contributed by atoms with van der Waals surface area (Å²) >= 11 is 0. The standard InChI is InChI=1S/C11H6F14O5.CH4O.Rh/c1-4(12,13)2-27-8(18,19)6(16,9(20,21)28-2)7(17)10(22,23)29-3(5(14,15)26)30-11(7,24)25;1-2;/h2-3,26H,1H3;2H,1H3;. The zero-order chi connectivity index (χ0) is 26.0. The van der Waals surface area contributed by atoms with Crippen LogP contribution in [0.25, 0.3) is 0 Å². The molecule has 2 aliphatic rings. The van der Waals surface area contributed by atoms with Gasteiger partial charge in [0, 0.05) is 33.5 Å². The van der Waals surface area contributed by atoms with Crippen LogP contribution in [0.4, 0.5) is 61.5 Å². The van der Waals surface area contributed by atoms with Crippen LogP contribution in [0, 0.1) is 0 Å². The van der Waals surface area contributed by atoms with Gasteiger partial charge >= 0.3 is 41.9 Å². The van der Waals surface area contributed by atoms with Crippen LogP contribution in [0.1, 0.15) is 6.92 Å². The third kappa shape index (κ3) is 4.65. The minimum Gasteiger partial charge on any atom is -0.400 e. The molecular formula is C12H10F14O6Rh. The van der Waals surface area contributed by atoms with Gasteiger partial charge in [-0.2, -0.15) is 43.9 Å². The van der Waals surface area contributed by atoms with E-state index in [9.17, 15) is 61.5 Å². The molecule has 201 valence electrons. The third-order valence-corrected chi connectivity index (χ3v) is 3.80. The summed E-state index contributed by atoms with van der Waals surface area (Å²) in [5, 5.41) is 15.1. The van der Waals surface area contributed by atoms with Gasteiger partial charge in [0.05, 0.1) is 0 Å². The first-order valence-electron chi connectivity index (χ1n) is 7.40. The minimum absolute atomic E-state index is 0. The minimum atomic E-state index is -7.46. The summed E-state index contributed by atoms with van der Waals surface area (Å²) in [6, 6.07) is 0. The van der Waals surface area contributed by atoms with Crippen molar-refractivity contribution in [1.82, 2.24) is 0 Å². The molecule has 2 saturated heterocycles. The molecule has 2 rings (SSSR count). The van der Waals surface area contributed by atoms with Gasteiger partial charge in [-0.05, 0) is 0 Å². The maximum atomic E-state index is 14.6. The normalized spacial score (nSPS) is 37.3. The Hall–Kier alpha value is -0.597. The van der Waals surface area contributed by atoms with Crippen molar-refractivity contribution < 1.29 is 110 Å². The van der Waals surface area contributed by atoms with Crippen LogP contribution in [-0.4, -0.2) is 77.7 Å². The van der Waals surface area contributed by atoms with Crippen molar-refractivity contribution in [2.75, 3.05) is 7.11 Å². The summed E-state index contributed by atoms with van der Waals surface area (Å²) in [6.45, 7) is -0.454. The predicted octanol–water partition coefficient (Wildman–Crippen LogP) is 3.37. The van der Waals surface area contributed by atoms with Crippen LogP contribution in [0.15, 0.2) is 0 Å². The first-order valence-corrected chi connectivity index (χ1v) is 7.40. The smallest absolute Gasteiger partial charge is 0.400 e. The molecule has 33 heavy (non-hydrogen) atoms. The van der Waals surface area contributed by atoms with Crippen molar-refractivity contribution in [2.24, 2.45) is 0 Å².